The van der Waals surface area contributed by atoms with Crippen LogP contribution in [-0.4, -0.2) is 56.4 Å². The second-order valence-corrected chi connectivity index (χ2v) is 8.42. The van der Waals surface area contributed by atoms with Gasteiger partial charge in [0.15, 0.2) is 11.5 Å². The van der Waals surface area contributed by atoms with Crippen LogP contribution in [0.1, 0.15) is 30.1 Å². The maximum atomic E-state index is 5.96. The Morgan fingerprint density at radius 3 is 2.96 bits per heavy atom. The number of rotatable bonds is 2. The largest absolute Gasteiger partial charge is 0.379 e. The lowest BCUT2D eigenvalue weighted by atomic mass is 9.94. The van der Waals surface area contributed by atoms with E-state index in [1.54, 1.807) is 17.7 Å². The Hall–Kier alpha value is -1.61. The zero-order valence-electron chi connectivity index (χ0n) is 14.5. The summed E-state index contributed by atoms with van der Waals surface area (Å²) in [7, 11) is 0. The average Bonchev–Trinajstić information content (AvgIpc) is 3.14. The van der Waals surface area contributed by atoms with Crippen LogP contribution in [0.2, 0.25) is 0 Å². The molecule has 0 amide bonds. The SMILES string of the molecule is CC1(C)Cc2c(sc3ncn4nc(CN5CCOCC5)nc4c23)CO1. The Kier molecular flexibility index (Phi) is 3.56. The van der Waals surface area contributed by atoms with E-state index in [0.29, 0.717) is 6.61 Å². The van der Waals surface area contributed by atoms with Crippen molar-refractivity contribution < 1.29 is 9.47 Å². The number of fused-ring (bicyclic) bond motifs is 5. The monoisotopic (exact) mass is 359 g/mol. The lowest BCUT2D eigenvalue weighted by molar-refractivity contribution is -0.0379. The molecule has 1 saturated heterocycles. The van der Waals surface area contributed by atoms with Crippen molar-refractivity contribution >= 4 is 27.2 Å². The molecular weight excluding hydrogens is 338 g/mol. The molecule has 2 aliphatic heterocycles. The molecule has 5 rings (SSSR count). The van der Waals surface area contributed by atoms with Gasteiger partial charge in [0.05, 0.1) is 37.4 Å². The van der Waals surface area contributed by atoms with E-state index in [1.807, 2.05) is 4.52 Å². The quantitative estimate of drug-likeness (QED) is 0.698. The summed E-state index contributed by atoms with van der Waals surface area (Å²) < 4.78 is 13.2. The first-order valence-corrected chi connectivity index (χ1v) is 9.49. The standard InChI is InChI=1S/C17H21N5O2S/c1-17(2)7-11-12(9-24-17)25-16-14(11)15-19-13(20-22(15)10-18-16)8-21-3-5-23-6-4-21/h10H,3-9H2,1-2H3. The van der Waals surface area contributed by atoms with Gasteiger partial charge < -0.3 is 9.47 Å². The number of ether oxygens (including phenoxy) is 2. The summed E-state index contributed by atoms with van der Waals surface area (Å²) in [5.74, 6) is 0.850. The van der Waals surface area contributed by atoms with Crippen LogP contribution < -0.4 is 0 Å². The van der Waals surface area contributed by atoms with Gasteiger partial charge in [0.25, 0.3) is 0 Å². The van der Waals surface area contributed by atoms with Gasteiger partial charge in [-0.2, -0.15) is 0 Å². The van der Waals surface area contributed by atoms with Crippen molar-refractivity contribution in [2.45, 2.75) is 39.0 Å². The predicted molar refractivity (Wildman–Crippen MR) is 94.8 cm³/mol. The van der Waals surface area contributed by atoms with E-state index in [-0.39, 0.29) is 5.60 Å². The molecule has 5 heterocycles. The molecule has 0 bridgehead atoms. The molecule has 8 heteroatoms. The van der Waals surface area contributed by atoms with Crippen molar-refractivity contribution in [3.63, 3.8) is 0 Å². The molecular formula is C17H21N5O2S. The van der Waals surface area contributed by atoms with Crippen LogP contribution >= 0.6 is 11.3 Å². The van der Waals surface area contributed by atoms with E-state index >= 15 is 0 Å². The van der Waals surface area contributed by atoms with Gasteiger partial charge in [-0.05, 0) is 19.4 Å². The molecule has 1 fully saturated rings. The van der Waals surface area contributed by atoms with Gasteiger partial charge in [-0.15, -0.1) is 16.4 Å². The fourth-order valence-corrected chi connectivity index (χ4v) is 4.68. The fourth-order valence-electron chi connectivity index (χ4n) is 3.61. The first-order valence-electron chi connectivity index (χ1n) is 8.68. The summed E-state index contributed by atoms with van der Waals surface area (Å²) in [5.41, 5.74) is 2.10. The molecule has 0 aromatic carbocycles. The van der Waals surface area contributed by atoms with E-state index in [2.05, 4.69) is 28.8 Å². The highest BCUT2D eigenvalue weighted by Crippen LogP contribution is 2.39. The highest BCUT2D eigenvalue weighted by Gasteiger charge is 2.30. The molecule has 0 N–H and O–H groups in total. The van der Waals surface area contributed by atoms with E-state index in [1.165, 1.54) is 10.4 Å². The van der Waals surface area contributed by atoms with Crippen molar-refractivity contribution in [3.05, 3.63) is 22.6 Å². The minimum Gasteiger partial charge on any atom is -0.379 e. The lowest BCUT2D eigenvalue weighted by Crippen LogP contribution is -2.35. The summed E-state index contributed by atoms with van der Waals surface area (Å²) in [6.45, 7) is 9.13. The van der Waals surface area contributed by atoms with Crippen LogP contribution in [0.4, 0.5) is 0 Å². The molecule has 0 aliphatic carbocycles. The summed E-state index contributed by atoms with van der Waals surface area (Å²) in [6.07, 6.45) is 2.66. The number of hydrogen-bond acceptors (Lipinski definition) is 7. The van der Waals surface area contributed by atoms with Gasteiger partial charge in [0.2, 0.25) is 0 Å². The van der Waals surface area contributed by atoms with Gasteiger partial charge >= 0.3 is 0 Å². The molecule has 0 saturated carbocycles. The van der Waals surface area contributed by atoms with Crippen LogP contribution in [0.15, 0.2) is 6.33 Å². The Morgan fingerprint density at radius 2 is 2.12 bits per heavy atom. The average molecular weight is 359 g/mol. The third-order valence-electron chi connectivity index (χ3n) is 4.92. The molecule has 3 aromatic heterocycles. The van der Waals surface area contributed by atoms with E-state index in [4.69, 9.17) is 14.5 Å². The Bertz CT molecular complexity index is 941. The second kappa shape index (κ2) is 5.70. The molecule has 3 aromatic rings. The molecule has 132 valence electrons. The van der Waals surface area contributed by atoms with Gasteiger partial charge in [0, 0.05) is 24.4 Å². The molecule has 2 aliphatic rings. The van der Waals surface area contributed by atoms with Crippen LogP contribution in [0.25, 0.3) is 15.9 Å². The van der Waals surface area contributed by atoms with Crippen LogP contribution in [0, 0.1) is 0 Å². The number of hydrogen-bond donors (Lipinski definition) is 0. The summed E-state index contributed by atoms with van der Waals surface area (Å²) >= 11 is 1.72. The topological polar surface area (TPSA) is 64.8 Å². The fraction of sp³-hybridized carbons (Fsp3) is 0.588. The normalized spacial score (nSPS) is 21.0. The smallest absolute Gasteiger partial charge is 0.168 e. The maximum Gasteiger partial charge on any atom is 0.168 e. The second-order valence-electron chi connectivity index (χ2n) is 7.34. The zero-order chi connectivity index (χ0) is 17.0. The molecule has 7 nitrogen and oxygen atoms in total. The molecule has 0 unspecified atom stereocenters. The van der Waals surface area contributed by atoms with Crippen LogP contribution in [-0.2, 0) is 29.0 Å². The van der Waals surface area contributed by atoms with E-state index in [0.717, 1.165) is 61.0 Å². The minimum absolute atomic E-state index is 0.148. The van der Waals surface area contributed by atoms with Crippen molar-refractivity contribution in [1.29, 1.82) is 0 Å². The number of thiophene rings is 1. The number of aromatic nitrogens is 4. The summed E-state index contributed by atoms with van der Waals surface area (Å²) in [6, 6.07) is 0. The highest BCUT2D eigenvalue weighted by molar-refractivity contribution is 7.19. The van der Waals surface area contributed by atoms with Crippen molar-refractivity contribution in [1.82, 2.24) is 24.5 Å². The first-order chi connectivity index (χ1) is 12.1. The highest BCUT2D eigenvalue weighted by atomic mass is 32.1. The Balaban J connectivity index is 1.58. The Labute approximate surface area is 149 Å². The Morgan fingerprint density at radius 1 is 1.28 bits per heavy atom. The van der Waals surface area contributed by atoms with Gasteiger partial charge in [-0.1, -0.05) is 0 Å². The molecule has 0 spiro atoms. The van der Waals surface area contributed by atoms with Crippen LogP contribution in [0.5, 0.6) is 0 Å². The summed E-state index contributed by atoms with van der Waals surface area (Å²) in [5, 5.41) is 5.81. The van der Waals surface area contributed by atoms with Gasteiger partial charge in [-0.3, -0.25) is 4.90 Å². The van der Waals surface area contributed by atoms with Gasteiger partial charge in [-0.25, -0.2) is 14.5 Å². The van der Waals surface area contributed by atoms with Crippen LogP contribution in [0.3, 0.4) is 0 Å². The first kappa shape index (κ1) is 15.6. The van der Waals surface area contributed by atoms with Crippen molar-refractivity contribution in [2.24, 2.45) is 0 Å². The molecule has 25 heavy (non-hydrogen) atoms. The summed E-state index contributed by atoms with van der Waals surface area (Å²) in [4.78, 5) is 14.1. The van der Waals surface area contributed by atoms with E-state index in [9.17, 15) is 0 Å². The number of nitrogens with zero attached hydrogens (tertiary/aromatic N) is 5. The van der Waals surface area contributed by atoms with Gasteiger partial charge in [0.1, 0.15) is 11.2 Å². The van der Waals surface area contributed by atoms with E-state index < -0.39 is 0 Å². The minimum atomic E-state index is -0.148. The molecule has 0 radical (unpaired) electrons. The molecule has 0 atom stereocenters. The lowest BCUT2D eigenvalue weighted by Gasteiger charge is -2.30. The van der Waals surface area contributed by atoms with Crippen molar-refractivity contribution in [2.75, 3.05) is 26.3 Å². The number of morpholine rings is 1. The maximum absolute atomic E-state index is 5.96. The third-order valence-corrected chi connectivity index (χ3v) is 6.03. The predicted octanol–water partition coefficient (Wildman–Crippen LogP) is 2.02. The zero-order valence-corrected chi connectivity index (χ0v) is 15.3. The third kappa shape index (κ3) is 2.73. The van der Waals surface area contributed by atoms with Crippen molar-refractivity contribution in [3.8, 4) is 0 Å².